The molecule has 1 N–H and O–H groups in total. The van der Waals surface area contributed by atoms with Gasteiger partial charge in [-0.3, -0.25) is 4.98 Å². The van der Waals surface area contributed by atoms with Gasteiger partial charge in [0.1, 0.15) is 0 Å². The number of methoxy groups -OCH3 is 1. The Bertz CT molecular complexity index is 1460. The molecular weight excluding hydrogens is 480 g/mol. The Morgan fingerprint density at radius 2 is 1.65 bits per heavy atom. The van der Waals surface area contributed by atoms with Crippen LogP contribution in [0.15, 0.2) is 72.9 Å². The summed E-state index contributed by atoms with van der Waals surface area (Å²) in [6.45, 7) is 8.45. The van der Waals surface area contributed by atoms with Crippen LogP contribution in [-0.4, -0.2) is 27.7 Å². The number of pyridine rings is 1. The zero-order valence-corrected chi connectivity index (χ0v) is 22.5. The predicted octanol–water partition coefficient (Wildman–Crippen LogP) is 6.07. The summed E-state index contributed by atoms with van der Waals surface area (Å²) in [5.74, 6) is -0.346. The lowest BCUT2D eigenvalue weighted by Crippen LogP contribution is -2.29. The molecule has 0 bridgehead atoms. The summed E-state index contributed by atoms with van der Waals surface area (Å²) < 4.78 is 7.07. The van der Waals surface area contributed by atoms with E-state index in [9.17, 15) is 4.79 Å². The van der Waals surface area contributed by atoms with Gasteiger partial charge in [-0.2, -0.15) is 0 Å². The number of thiocarbonyl (C=S) groups is 1. The molecule has 4 aromatic rings. The van der Waals surface area contributed by atoms with Gasteiger partial charge in [-0.1, -0.05) is 12.1 Å². The number of carbonyl (C=O) groups excluding carboxylic acids is 1. The monoisotopic (exact) mass is 510 g/mol. The number of hydrogen-bond donors (Lipinski definition) is 1. The van der Waals surface area contributed by atoms with Gasteiger partial charge in [0.05, 0.1) is 30.5 Å². The highest BCUT2D eigenvalue weighted by Gasteiger charge is 2.42. The van der Waals surface area contributed by atoms with Crippen molar-refractivity contribution in [3.05, 3.63) is 112 Å². The van der Waals surface area contributed by atoms with Crippen molar-refractivity contribution in [1.29, 1.82) is 0 Å². The number of hydrogen-bond acceptors (Lipinski definition) is 4. The summed E-state index contributed by atoms with van der Waals surface area (Å²) in [6, 6.07) is 22.0. The van der Waals surface area contributed by atoms with Gasteiger partial charge < -0.3 is 19.5 Å². The summed E-state index contributed by atoms with van der Waals surface area (Å²) in [6.07, 6.45) is 1.82. The molecule has 0 aliphatic carbocycles. The van der Waals surface area contributed by atoms with Crippen LogP contribution in [0.2, 0.25) is 0 Å². The minimum atomic E-state index is -0.346. The van der Waals surface area contributed by atoms with E-state index in [0.717, 1.165) is 34.0 Å². The maximum absolute atomic E-state index is 11.9. The number of nitrogens with zero attached hydrogens (tertiary/aromatic N) is 3. The van der Waals surface area contributed by atoms with E-state index in [2.05, 4.69) is 71.7 Å². The number of anilines is 1. The molecule has 6 nitrogen and oxygen atoms in total. The van der Waals surface area contributed by atoms with Crippen molar-refractivity contribution in [1.82, 2.24) is 14.9 Å². The Labute approximate surface area is 222 Å². The van der Waals surface area contributed by atoms with Crippen LogP contribution in [0.25, 0.3) is 5.69 Å². The molecule has 188 valence electrons. The fourth-order valence-corrected chi connectivity index (χ4v) is 5.73. The number of aryl methyl sites for hydroxylation is 3. The largest absolute Gasteiger partial charge is 0.465 e. The quantitative estimate of drug-likeness (QED) is 0.260. The van der Waals surface area contributed by atoms with Crippen molar-refractivity contribution in [3.8, 4) is 5.69 Å². The Kier molecular flexibility index (Phi) is 6.56. The molecule has 0 spiro atoms. The summed E-state index contributed by atoms with van der Waals surface area (Å²) in [5.41, 5.74) is 9.25. The van der Waals surface area contributed by atoms with Crippen molar-refractivity contribution >= 4 is 29.0 Å². The number of aromatic nitrogens is 2. The van der Waals surface area contributed by atoms with E-state index >= 15 is 0 Å². The molecule has 2 aromatic carbocycles. The van der Waals surface area contributed by atoms with Gasteiger partial charge in [-0.15, -0.1) is 0 Å². The molecule has 0 unspecified atom stereocenters. The maximum Gasteiger partial charge on any atom is 0.337 e. The molecule has 0 saturated carbocycles. The highest BCUT2D eigenvalue weighted by molar-refractivity contribution is 7.80. The van der Waals surface area contributed by atoms with Crippen LogP contribution in [0, 0.1) is 27.7 Å². The molecule has 2 aromatic heterocycles. The van der Waals surface area contributed by atoms with Gasteiger partial charge >= 0.3 is 5.97 Å². The highest BCUT2D eigenvalue weighted by atomic mass is 32.1. The Morgan fingerprint density at radius 3 is 2.27 bits per heavy atom. The first-order chi connectivity index (χ1) is 17.8. The first-order valence-electron chi connectivity index (χ1n) is 12.2. The second-order valence-electron chi connectivity index (χ2n) is 9.54. The molecule has 5 rings (SSSR count). The van der Waals surface area contributed by atoms with E-state index in [1.165, 1.54) is 18.2 Å². The summed E-state index contributed by atoms with van der Waals surface area (Å²) in [4.78, 5) is 18.8. The average molecular weight is 511 g/mol. The van der Waals surface area contributed by atoms with Crippen LogP contribution >= 0.6 is 12.2 Å². The van der Waals surface area contributed by atoms with Crippen LogP contribution in [0.5, 0.6) is 0 Å². The third kappa shape index (κ3) is 4.51. The number of benzene rings is 2. The first kappa shape index (κ1) is 24.7. The van der Waals surface area contributed by atoms with E-state index in [1.807, 2.05) is 36.5 Å². The fraction of sp³-hybridized carbons (Fsp3) is 0.233. The topological polar surface area (TPSA) is 59.4 Å². The zero-order chi connectivity index (χ0) is 26.3. The number of esters is 1. The van der Waals surface area contributed by atoms with Gasteiger partial charge in [-0.25, -0.2) is 4.79 Å². The highest BCUT2D eigenvalue weighted by Crippen LogP contribution is 2.44. The molecule has 1 saturated heterocycles. The van der Waals surface area contributed by atoms with E-state index in [4.69, 9.17) is 17.0 Å². The van der Waals surface area contributed by atoms with Crippen LogP contribution in [0.1, 0.15) is 56.2 Å². The maximum atomic E-state index is 11.9. The zero-order valence-electron chi connectivity index (χ0n) is 21.6. The van der Waals surface area contributed by atoms with Crippen molar-refractivity contribution in [2.75, 3.05) is 12.0 Å². The second-order valence-corrected chi connectivity index (χ2v) is 9.93. The minimum Gasteiger partial charge on any atom is -0.465 e. The predicted molar refractivity (Wildman–Crippen MR) is 150 cm³/mol. The summed E-state index contributed by atoms with van der Waals surface area (Å²) in [5, 5.41) is 4.24. The molecule has 1 aliphatic rings. The van der Waals surface area contributed by atoms with Crippen LogP contribution in [-0.2, 0) is 4.74 Å². The minimum absolute atomic E-state index is 0.0992. The van der Waals surface area contributed by atoms with E-state index in [-0.39, 0.29) is 18.1 Å². The normalized spacial score (nSPS) is 17.1. The van der Waals surface area contributed by atoms with Gasteiger partial charge in [0.2, 0.25) is 0 Å². The van der Waals surface area contributed by atoms with Crippen molar-refractivity contribution < 1.29 is 9.53 Å². The molecule has 3 heterocycles. The van der Waals surface area contributed by atoms with E-state index in [1.54, 1.807) is 12.1 Å². The lowest BCUT2D eigenvalue weighted by atomic mass is 9.96. The molecule has 0 amide bonds. The lowest BCUT2D eigenvalue weighted by molar-refractivity contribution is 0.0600. The molecular formula is C30H30N4O2S. The summed E-state index contributed by atoms with van der Waals surface area (Å²) in [7, 11) is 1.39. The second kappa shape index (κ2) is 9.82. The van der Waals surface area contributed by atoms with Gasteiger partial charge in [0.25, 0.3) is 0 Å². The fourth-order valence-electron chi connectivity index (χ4n) is 5.39. The number of carbonyl (C=O) groups is 1. The number of ether oxygens (including phenoxy) is 1. The SMILES string of the molecule is COC(=O)c1ccc(-n2c(C)cc([C@@H]3[C@H](c4ccccn4)NC(=S)N3c3cc(C)cc(C)c3)c2C)cc1. The smallest absolute Gasteiger partial charge is 0.337 e. The Morgan fingerprint density at radius 1 is 0.946 bits per heavy atom. The average Bonchev–Trinajstić information content (AvgIpc) is 3.38. The molecule has 7 heteroatoms. The summed E-state index contributed by atoms with van der Waals surface area (Å²) >= 11 is 5.93. The third-order valence-electron chi connectivity index (χ3n) is 6.92. The molecule has 2 atom stereocenters. The number of nitrogens with one attached hydrogen (secondary N) is 1. The van der Waals surface area contributed by atoms with Crippen molar-refractivity contribution in [2.24, 2.45) is 0 Å². The van der Waals surface area contributed by atoms with Crippen molar-refractivity contribution in [2.45, 2.75) is 39.8 Å². The molecule has 0 radical (unpaired) electrons. The van der Waals surface area contributed by atoms with Gasteiger partial charge in [-0.05, 0) is 111 Å². The van der Waals surface area contributed by atoms with Gasteiger partial charge in [0, 0.05) is 29.0 Å². The standard InChI is InChI=1S/C30H30N4O2S/c1-18-14-19(2)16-24(15-18)34-28(27(32-30(34)37)26-8-6-7-13-31-26)25-17-20(3)33(21(25)4)23-11-9-22(10-12-23)29(35)36-5/h6-17,27-28H,1-5H3,(H,32,37)/t27-,28+/m0/s1. The number of rotatable bonds is 5. The van der Waals surface area contributed by atoms with E-state index in [0.29, 0.717) is 10.7 Å². The molecule has 1 fully saturated rings. The van der Waals surface area contributed by atoms with Crippen molar-refractivity contribution in [3.63, 3.8) is 0 Å². The van der Waals surface area contributed by atoms with Crippen LogP contribution < -0.4 is 10.2 Å². The molecule has 37 heavy (non-hydrogen) atoms. The molecule has 1 aliphatic heterocycles. The van der Waals surface area contributed by atoms with Gasteiger partial charge in [0.15, 0.2) is 5.11 Å². The van der Waals surface area contributed by atoms with Crippen LogP contribution in [0.3, 0.4) is 0 Å². The lowest BCUT2D eigenvalue weighted by Gasteiger charge is -2.29. The first-order valence-corrected chi connectivity index (χ1v) is 12.7. The van der Waals surface area contributed by atoms with Crippen LogP contribution in [0.4, 0.5) is 5.69 Å². The van der Waals surface area contributed by atoms with E-state index < -0.39 is 0 Å². The Hall–Kier alpha value is -3.97. The Balaban J connectivity index is 1.65. The third-order valence-corrected chi connectivity index (χ3v) is 7.23.